The Bertz CT molecular complexity index is 1350. The predicted molar refractivity (Wildman–Crippen MR) is 122 cm³/mol. The number of carbonyl (C=O) groups excluding carboxylic acids is 1. The van der Waals surface area contributed by atoms with E-state index in [1.165, 1.54) is 12.3 Å². The first-order chi connectivity index (χ1) is 15.6. The minimum atomic E-state index is -1.23. The lowest BCUT2D eigenvalue weighted by Crippen LogP contribution is -2.35. The van der Waals surface area contributed by atoms with Gasteiger partial charge in [0.1, 0.15) is 23.4 Å². The molecule has 5 rings (SSSR count). The van der Waals surface area contributed by atoms with Gasteiger partial charge in [0.15, 0.2) is 5.43 Å². The van der Waals surface area contributed by atoms with Gasteiger partial charge in [-0.2, -0.15) is 5.10 Å². The fourth-order valence-electron chi connectivity index (χ4n) is 4.74. The number of carbonyl (C=O) groups is 2. The molecule has 0 unspecified atom stereocenters. The van der Waals surface area contributed by atoms with Gasteiger partial charge in [-0.15, -0.1) is 0 Å². The fraction of sp³-hybridized carbons (Fsp3) is 0.417. The third-order valence-electron chi connectivity index (χ3n) is 6.49. The Morgan fingerprint density at radius 1 is 1.30 bits per heavy atom. The number of nitrogens with one attached hydrogen (secondary N) is 1. The van der Waals surface area contributed by atoms with Crippen molar-refractivity contribution in [3.05, 3.63) is 46.2 Å². The Hall–Kier alpha value is -3.62. The van der Waals surface area contributed by atoms with E-state index in [1.807, 2.05) is 27.4 Å². The van der Waals surface area contributed by atoms with Gasteiger partial charge in [0.25, 0.3) is 0 Å². The van der Waals surface area contributed by atoms with Gasteiger partial charge in [0, 0.05) is 24.1 Å². The molecule has 2 N–H and O–H groups in total. The molecule has 0 bridgehead atoms. The van der Waals surface area contributed by atoms with E-state index in [-0.39, 0.29) is 29.0 Å². The molecule has 172 valence electrons. The number of hydrogen-bond acceptors (Lipinski definition) is 5. The first-order valence-corrected chi connectivity index (χ1v) is 11.0. The van der Waals surface area contributed by atoms with Crippen molar-refractivity contribution < 1.29 is 19.4 Å². The van der Waals surface area contributed by atoms with Crippen LogP contribution in [-0.4, -0.2) is 44.0 Å². The molecule has 9 heteroatoms. The molecule has 0 radical (unpaired) electrons. The van der Waals surface area contributed by atoms with Crippen molar-refractivity contribution in [3.63, 3.8) is 0 Å². The van der Waals surface area contributed by atoms with Crippen molar-refractivity contribution in [1.82, 2.24) is 19.7 Å². The van der Waals surface area contributed by atoms with Gasteiger partial charge < -0.3 is 19.7 Å². The number of benzene rings is 1. The highest BCUT2D eigenvalue weighted by atomic mass is 16.5. The standard InChI is InChI=1S/C24H26N4O5/c1-24(2,3)19-11-28-22(16-9-17(29)15(23(31)32)10-27(16)19)14-5-4-6-18(21(14)26-28)33-12-13-7-8-20(30)25-13/h4-6,9-10,13,19H,7-8,11-12H2,1-3H3,(H,25,30)(H,31,32)/t13-,19-/m1/s1. The maximum Gasteiger partial charge on any atom is 0.341 e. The Morgan fingerprint density at radius 3 is 2.76 bits per heavy atom. The molecule has 2 aromatic heterocycles. The number of aromatic nitrogens is 3. The smallest absolute Gasteiger partial charge is 0.341 e. The summed E-state index contributed by atoms with van der Waals surface area (Å²) in [6.45, 7) is 7.13. The quantitative estimate of drug-likeness (QED) is 0.632. The van der Waals surface area contributed by atoms with Crippen LogP contribution in [0.25, 0.3) is 22.3 Å². The summed E-state index contributed by atoms with van der Waals surface area (Å²) < 4.78 is 9.84. The fourth-order valence-corrected chi connectivity index (χ4v) is 4.74. The van der Waals surface area contributed by atoms with E-state index < -0.39 is 11.4 Å². The Labute approximate surface area is 190 Å². The number of amides is 1. The zero-order chi connectivity index (χ0) is 23.5. The number of aromatic carboxylic acids is 1. The van der Waals surface area contributed by atoms with Crippen molar-refractivity contribution in [3.8, 4) is 17.1 Å². The lowest BCUT2D eigenvalue weighted by molar-refractivity contribution is -0.119. The molecule has 0 aliphatic carbocycles. The van der Waals surface area contributed by atoms with Crippen LogP contribution in [0.3, 0.4) is 0 Å². The van der Waals surface area contributed by atoms with Crippen molar-refractivity contribution in [1.29, 1.82) is 0 Å². The first-order valence-electron chi connectivity index (χ1n) is 11.0. The number of nitrogens with zero attached hydrogens (tertiary/aromatic N) is 3. The second kappa shape index (κ2) is 7.47. The molecule has 33 heavy (non-hydrogen) atoms. The second-order valence-corrected chi connectivity index (χ2v) is 9.83. The average Bonchev–Trinajstić information content (AvgIpc) is 3.33. The molecule has 0 saturated carbocycles. The van der Waals surface area contributed by atoms with Crippen LogP contribution in [-0.2, 0) is 11.3 Å². The lowest BCUT2D eigenvalue weighted by atomic mass is 9.85. The van der Waals surface area contributed by atoms with E-state index in [2.05, 4.69) is 26.1 Å². The topological polar surface area (TPSA) is 115 Å². The molecule has 1 fully saturated rings. The van der Waals surface area contributed by atoms with Crippen LogP contribution in [0.5, 0.6) is 5.75 Å². The number of carboxylic acids is 1. The van der Waals surface area contributed by atoms with Crippen molar-refractivity contribution >= 4 is 22.8 Å². The van der Waals surface area contributed by atoms with E-state index in [9.17, 15) is 19.5 Å². The maximum absolute atomic E-state index is 12.6. The second-order valence-electron chi connectivity index (χ2n) is 9.83. The van der Waals surface area contributed by atoms with Crippen LogP contribution in [0.4, 0.5) is 0 Å². The predicted octanol–water partition coefficient (Wildman–Crippen LogP) is 2.82. The normalized spacial score (nSPS) is 19.8. The molecule has 3 aromatic rings. The Kier molecular flexibility index (Phi) is 4.81. The number of ether oxygens (including phenoxy) is 1. The van der Waals surface area contributed by atoms with Gasteiger partial charge in [0.05, 0.1) is 30.0 Å². The molecule has 4 heterocycles. The van der Waals surface area contributed by atoms with Gasteiger partial charge in [-0.3, -0.25) is 14.3 Å². The highest BCUT2D eigenvalue weighted by molar-refractivity contribution is 5.96. The molecule has 1 amide bonds. The van der Waals surface area contributed by atoms with E-state index in [4.69, 9.17) is 9.84 Å². The minimum Gasteiger partial charge on any atom is -0.489 e. The van der Waals surface area contributed by atoms with E-state index in [1.54, 1.807) is 0 Å². The number of hydrogen-bond donors (Lipinski definition) is 2. The first kappa shape index (κ1) is 21.2. The molecule has 9 nitrogen and oxygen atoms in total. The van der Waals surface area contributed by atoms with Crippen LogP contribution in [0.1, 0.15) is 50.0 Å². The molecule has 1 saturated heterocycles. The summed E-state index contributed by atoms with van der Waals surface area (Å²) in [6.07, 6.45) is 2.71. The Balaban J connectivity index is 1.63. The van der Waals surface area contributed by atoms with Gasteiger partial charge >= 0.3 is 5.97 Å². The summed E-state index contributed by atoms with van der Waals surface area (Å²) >= 11 is 0. The van der Waals surface area contributed by atoms with Crippen molar-refractivity contribution in [2.24, 2.45) is 5.41 Å². The van der Waals surface area contributed by atoms with Gasteiger partial charge in [-0.25, -0.2) is 4.79 Å². The van der Waals surface area contributed by atoms with Gasteiger partial charge in [-0.05, 0) is 17.9 Å². The molecule has 0 spiro atoms. The number of pyridine rings is 1. The van der Waals surface area contributed by atoms with E-state index >= 15 is 0 Å². The monoisotopic (exact) mass is 450 g/mol. The zero-order valence-electron chi connectivity index (χ0n) is 18.8. The van der Waals surface area contributed by atoms with Gasteiger partial charge in [0.2, 0.25) is 5.91 Å². The Morgan fingerprint density at radius 2 is 2.09 bits per heavy atom. The average molecular weight is 450 g/mol. The number of rotatable bonds is 4. The van der Waals surface area contributed by atoms with Crippen LogP contribution in [0.15, 0.2) is 35.3 Å². The summed E-state index contributed by atoms with van der Waals surface area (Å²) in [4.78, 5) is 35.7. The molecule has 2 atom stereocenters. The van der Waals surface area contributed by atoms with Crippen molar-refractivity contribution in [2.45, 2.75) is 52.2 Å². The highest BCUT2D eigenvalue weighted by Crippen LogP contribution is 2.43. The number of fused-ring (bicyclic) bond motifs is 5. The lowest BCUT2D eigenvalue weighted by Gasteiger charge is -2.38. The van der Waals surface area contributed by atoms with E-state index in [0.717, 1.165) is 17.5 Å². The SMILES string of the molecule is CC(C)(C)[C@H]1Cn2nc3c(OC[C@H]4CCC(=O)N4)cccc3c2-c2cc(=O)c(C(=O)O)cn21. The largest absolute Gasteiger partial charge is 0.489 e. The summed E-state index contributed by atoms with van der Waals surface area (Å²) in [6, 6.07) is 6.92. The van der Waals surface area contributed by atoms with Gasteiger partial charge in [-0.1, -0.05) is 32.9 Å². The van der Waals surface area contributed by atoms with Crippen LogP contribution in [0.2, 0.25) is 0 Å². The summed E-state index contributed by atoms with van der Waals surface area (Å²) in [5.41, 5.74) is 1.09. The maximum atomic E-state index is 12.6. The zero-order valence-corrected chi connectivity index (χ0v) is 18.8. The van der Waals surface area contributed by atoms with Crippen LogP contribution < -0.4 is 15.5 Å². The molecular weight excluding hydrogens is 424 g/mol. The summed E-state index contributed by atoms with van der Waals surface area (Å²) in [7, 11) is 0. The summed E-state index contributed by atoms with van der Waals surface area (Å²) in [5.74, 6) is -0.587. The highest BCUT2D eigenvalue weighted by Gasteiger charge is 2.35. The molecule has 1 aromatic carbocycles. The van der Waals surface area contributed by atoms with Crippen LogP contribution in [0, 0.1) is 5.41 Å². The molecule has 2 aliphatic rings. The van der Waals surface area contributed by atoms with E-state index in [0.29, 0.717) is 36.5 Å². The molecule has 2 aliphatic heterocycles. The molecular formula is C24H26N4O5. The number of carboxylic acid groups (broad SMARTS) is 1. The van der Waals surface area contributed by atoms with Crippen molar-refractivity contribution in [2.75, 3.05) is 6.61 Å². The van der Waals surface area contributed by atoms with Crippen LogP contribution >= 0.6 is 0 Å². The third kappa shape index (κ3) is 3.57. The third-order valence-corrected chi connectivity index (χ3v) is 6.49. The summed E-state index contributed by atoms with van der Waals surface area (Å²) in [5, 5.41) is 18.1. The minimum absolute atomic E-state index is 0.0241.